The Morgan fingerprint density at radius 1 is 0.690 bits per heavy atom. The molecule has 0 N–H and O–H groups in total. The van der Waals surface area contributed by atoms with Gasteiger partial charge in [-0.1, -0.05) is 75.2 Å². The van der Waals surface area contributed by atoms with Crippen LogP contribution in [0.3, 0.4) is 0 Å². The SMILES string of the molecule is CCCCc1ccc(C2(COCC3(c4ccc(CCCC)cc4)CO3)CO2)cc1. The minimum atomic E-state index is -0.261. The standard InChI is InChI=1S/C26H34O3/c1-3-5-7-21-9-13-23(14-10-21)25(19-28-25)17-27-18-26(20-29-26)24-15-11-22(12-16-24)8-6-4-2/h9-16H,3-8,17-20H2,1-2H3. The third kappa shape index (κ3) is 4.91. The fraction of sp³-hybridized carbons (Fsp3) is 0.538. The van der Waals surface area contributed by atoms with Crippen LogP contribution in [0, 0.1) is 0 Å². The zero-order chi connectivity index (χ0) is 20.2. The molecule has 4 rings (SSSR count). The topological polar surface area (TPSA) is 34.3 Å². The third-order valence-electron chi connectivity index (χ3n) is 6.25. The van der Waals surface area contributed by atoms with Crippen molar-refractivity contribution in [3.8, 4) is 0 Å². The number of aryl methyl sites for hydroxylation is 2. The Hall–Kier alpha value is -1.68. The Kier molecular flexibility index (Phi) is 6.38. The second kappa shape index (κ2) is 8.99. The molecule has 0 radical (unpaired) electrons. The van der Waals surface area contributed by atoms with Gasteiger partial charge < -0.3 is 14.2 Å². The maximum Gasteiger partial charge on any atom is 0.140 e. The van der Waals surface area contributed by atoms with Crippen LogP contribution in [-0.4, -0.2) is 26.4 Å². The average Bonchev–Trinajstić information content (AvgIpc) is 3.69. The molecule has 2 aliphatic rings. The molecule has 0 aromatic heterocycles. The van der Waals surface area contributed by atoms with Crippen LogP contribution in [0.1, 0.15) is 61.8 Å². The molecule has 3 nitrogen and oxygen atoms in total. The number of hydrogen-bond acceptors (Lipinski definition) is 3. The van der Waals surface area contributed by atoms with E-state index in [1.165, 1.54) is 47.9 Å². The molecule has 2 saturated heterocycles. The van der Waals surface area contributed by atoms with E-state index in [2.05, 4.69) is 62.4 Å². The molecule has 2 aliphatic heterocycles. The molecule has 0 spiro atoms. The van der Waals surface area contributed by atoms with E-state index < -0.39 is 0 Å². The van der Waals surface area contributed by atoms with Gasteiger partial charge in [-0.05, 0) is 47.9 Å². The highest BCUT2D eigenvalue weighted by Crippen LogP contribution is 2.42. The van der Waals surface area contributed by atoms with Crippen molar-refractivity contribution < 1.29 is 14.2 Å². The van der Waals surface area contributed by atoms with Crippen molar-refractivity contribution in [3.63, 3.8) is 0 Å². The minimum Gasteiger partial charge on any atom is -0.375 e. The summed E-state index contributed by atoms with van der Waals surface area (Å²) in [5.41, 5.74) is 4.74. The molecule has 0 saturated carbocycles. The van der Waals surface area contributed by atoms with E-state index >= 15 is 0 Å². The number of ether oxygens (including phenoxy) is 3. The molecule has 2 atom stereocenters. The summed E-state index contributed by atoms with van der Waals surface area (Å²) in [4.78, 5) is 0. The first-order chi connectivity index (χ1) is 14.2. The van der Waals surface area contributed by atoms with Crippen molar-refractivity contribution in [2.24, 2.45) is 0 Å². The lowest BCUT2D eigenvalue weighted by atomic mass is 9.97. The van der Waals surface area contributed by atoms with Gasteiger partial charge in [0.25, 0.3) is 0 Å². The highest BCUT2D eigenvalue weighted by atomic mass is 16.6. The highest BCUT2D eigenvalue weighted by molar-refractivity contribution is 5.32. The maximum absolute atomic E-state index is 6.14. The van der Waals surface area contributed by atoms with Crippen LogP contribution in [0.2, 0.25) is 0 Å². The first kappa shape index (κ1) is 20.6. The molecule has 2 aromatic carbocycles. The Labute approximate surface area is 175 Å². The zero-order valence-electron chi connectivity index (χ0n) is 17.9. The lowest BCUT2D eigenvalue weighted by Gasteiger charge is -2.17. The van der Waals surface area contributed by atoms with Crippen molar-refractivity contribution in [1.82, 2.24) is 0 Å². The van der Waals surface area contributed by atoms with Gasteiger partial charge in [0.05, 0.1) is 26.4 Å². The van der Waals surface area contributed by atoms with Crippen molar-refractivity contribution in [3.05, 3.63) is 70.8 Å². The molecular formula is C26H34O3. The van der Waals surface area contributed by atoms with Gasteiger partial charge in [-0.3, -0.25) is 0 Å². The van der Waals surface area contributed by atoms with Gasteiger partial charge in [-0.15, -0.1) is 0 Å². The van der Waals surface area contributed by atoms with Crippen LogP contribution in [0.25, 0.3) is 0 Å². The van der Waals surface area contributed by atoms with Gasteiger partial charge in [0, 0.05) is 0 Å². The zero-order valence-corrected chi connectivity index (χ0v) is 17.9. The van der Waals surface area contributed by atoms with Crippen molar-refractivity contribution in [1.29, 1.82) is 0 Å². The van der Waals surface area contributed by atoms with Crippen LogP contribution < -0.4 is 0 Å². The normalized spacial score (nSPS) is 25.2. The molecule has 2 heterocycles. The van der Waals surface area contributed by atoms with Gasteiger partial charge in [0.15, 0.2) is 0 Å². The Morgan fingerprint density at radius 3 is 1.38 bits per heavy atom. The molecule has 0 aliphatic carbocycles. The van der Waals surface area contributed by atoms with Crippen molar-refractivity contribution in [2.75, 3.05) is 26.4 Å². The second-order valence-corrected chi connectivity index (χ2v) is 8.66. The molecule has 3 heteroatoms. The molecule has 2 aromatic rings. The van der Waals surface area contributed by atoms with E-state index in [1.807, 2.05) is 0 Å². The molecule has 2 unspecified atom stereocenters. The molecule has 29 heavy (non-hydrogen) atoms. The lowest BCUT2D eigenvalue weighted by molar-refractivity contribution is 0.0403. The molecular weight excluding hydrogens is 360 g/mol. The summed E-state index contributed by atoms with van der Waals surface area (Å²) >= 11 is 0. The summed E-state index contributed by atoms with van der Waals surface area (Å²) in [6.45, 7) is 7.11. The predicted molar refractivity (Wildman–Crippen MR) is 116 cm³/mol. The number of unbranched alkanes of at least 4 members (excludes halogenated alkanes) is 2. The molecule has 2 fully saturated rings. The molecule has 0 amide bonds. The summed E-state index contributed by atoms with van der Waals surface area (Å²) in [5.74, 6) is 0. The van der Waals surface area contributed by atoms with Crippen LogP contribution in [0.4, 0.5) is 0 Å². The number of benzene rings is 2. The van der Waals surface area contributed by atoms with Crippen molar-refractivity contribution in [2.45, 2.75) is 63.6 Å². The monoisotopic (exact) mass is 394 g/mol. The third-order valence-corrected chi connectivity index (χ3v) is 6.25. The number of epoxide rings is 2. The van der Waals surface area contributed by atoms with Gasteiger partial charge in [0.2, 0.25) is 0 Å². The molecule has 156 valence electrons. The van der Waals surface area contributed by atoms with Crippen LogP contribution in [0.15, 0.2) is 48.5 Å². The smallest absolute Gasteiger partial charge is 0.140 e. The fourth-order valence-corrected chi connectivity index (χ4v) is 3.93. The van der Waals surface area contributed by atoms with Crippen molar-refractivity contribution >= 4 is 0 Å². The Morgan fingerprint density at radius 2 is 1.07 bits per heavy atom. The Bertz CT molecular complexity index is 703. The summed E-state index contributed by atoms with van der Waals surface area (Å²) in [5, 5.41) is 0. The fourth-order valence-electron chi connectivity index (χ4n) is 3.93. The van der Waals surface area contributed by atoms with E-state index in [9.17, 15) is 0 Å². The van der Waals surface area contributed by atoms with E-state index in [1.54, 1.807) is 0 Å². The van der Waals surface area contributed by atoms with Crippen LogP contribution >= 0.6 is 0 Å². The van der Waals surface area contributed by atoms with Gasteiger partial charge in [-0.25, -0.2) is 0 Å². The Balaban J connectivity index is 1.30. The summed E-state index contributed by atoms with van der Waals surface area (Å²) in [7, 11) is 0. The average molecular weight is 395 g/mol. The van der Waals surface area contributed by atoms with E-state index in [-0.39, 0.29) is 11.2 Å². The summed E-state index contributed by atoms with van der Waals surface area (Å²) in [6, 6.07) is 17.8. The number of hydrogen-bond donors (Lipinski definition) is 0. The minimum absolute atomic E-state index is 0.261. The van der Waals surface area contributed by atoms with Gasteiger partial charge in [-0.2, -0.15) is 0 Å². The van der Waals surface area contributed by atoms with Crippen LogP contribution in [0.5, 0.6) is 0 Å². The highest BCUT2D eigenvalue weighted by Gasteiger charge is 2.50. The summed E-state index contributed by atoms with van der Waals surface area (Å²) < 4.78 is 17.8. The van der Waals surface area contributed by atoms with E-state index in [0.29, 0.717) is 13.2 Å². The second-order valence-electron chi connectivity index (χ2n) is 8.66. The number of rotatable bonds is 12. The van der Waals surface area contributed by atoms with E-state index in [0.717, 1.165) is 26.1 Å². The molecule has 0 bridgehead atoms. The lowest BCUT2D eigenvalue weighted by Crippen LogP contribution is -2.23. The first-order valence-corrected chi connectivity index (χ1v) is 11.2. The maximum atomic E-state index is 6.14. The van der Waals surface area contributed by atoms with Crippen LogP contribution in [-0.2, 0) is 38.3 Å². The van der Waals surface area contributed by atoms with E-state index in [4.69, 9.17) is 14.2 Å². The quantitative estimate of drug-likeness (QED) is 0.443. The summed E-state index contributed by atoms with van der Waals surface area (Å²) in [6.07, 6.45) is 7.25. The van der Waals surface area contributed by atoms with Gasteiger partial charge >= 0.3 is 0 Å². The predicted octanol–water partition coefficient (Wildman–Crippen LogP) is 5.54. The van der Waals surface area contributed by atoms with Gasteiger partial charge in [0.1, 0.15) is 11.2 Å². The largest absolute Gasteiger partial charge is 0.375 e. The first-order valence-electron chi connectivity index (χ1n) is 11.2.